The number of rotatable bonds is 11. The van der Waals surface area contributed by atoms with Crippen molar-refractivity contribution in [1.29, 1.82) is 0 Å². The zero-order valence-corrected chi connectivity index (χ0v) is 24.9. The van der Waals surface area contributed by atoms with E-state index >= 15 is 0 Å². The molecule has 1 atom stereocenters. The van der Waals surface area contributed by atoms with E-state index in [0.29, 0.717) is 30.1 Å². The highest BCUT2D eigenvalue weighted by atomic mass is 32.2. The van der Waals surface area contributed by atoms with E-state index in [1.54, 1.807) is 43.0 Å². The SMILES string of the molecule is CCOC(=O)c1ccc(NC(=O)N[C@H](Cc2ccccc2)c2nnc(SCc3ccccc3)n2-c2ccc(C)cc2)cc1. The van der Waals surface area contributed by atoms with Crippen LogP contribution in [-0.2, 0) is 16.9 Å². The van der Waals surface area contributed by atoms with E-state index in [0.717, 1.165) is 27.7 Å². The van der Waals surface area contributed by atoms with E-state index in [-0.39, 0.29) is 0 Å². The van der Waals surface area contributed by atoms with Gasteiger partial charge in [0, 0.05) is 23.5 Å². The lowest BCUT2D eigenvalue weighted by molar-refractivity contribution is 0.0526. The molecule has 0 aliphatic heterocycles. The second-order valence-electron chi connectivity index (χ2n) is 9.92. The first-order valence-electron chi connectivity index (χ1n) is 14.1. The lowest BCUT2D eigenvalue weighted by Gasteiger charge is -2.21. The van der Waals surface area contributed by atoms with E-state index in [4.69, 9.17) is 4.74 Å². The van der Waals surface area contributed by atoms with Crippen molar-refractivity contribution in [3.8, 4) is 5.69 Å². The van der Waals surface area contributed by atoms with Crippen LogP contribution in [0.5, 0.6) is 0 Å². The molecule has 9 heteroatoms. The third-order valence-corrected chi connectivity index (χ3v) is 7.71. The maximum atomic E-state index is 13.3. The molecule has 218 valence electrons. The zero-order valence-electron chi connectivity index (χ0n) is 24.1. The first kappa shape index (κ1) is 29.6. The number of urea groups is 1. The highest BCUT2D eigenvalue weighted by Gasteiger charge is 2.25. The molecule has 5 aromatic rings. The van der Waals surface area contributed by atoms with Crippen LogP contribution in [0, 0.1) is 6.92 Å². The van der Waals surface area contributed by atoms with Crippen molar-refractivity contribution < 1.29 is 14.3 Å². The number of benzene rings is 4. The normalized spacial score (nSPS) is 11.5. The highest BCUT2D eigenvalue weighted by molar-refractivity contribution is 7.98. The fraction of sp³-hybridized carbons (Fsp3) is 0.176. The van der Waals surface area contributed by atoms with Crippen LogP contribution in [0.4, 0.5) is 10.5 Å². The van der Waals surface area contributed by atoms with Gasteiger partial charge >= 0.3 is 12.0 Å². The van der Waals surface area contributed by atoms with Gasteiger partial charge in [-0.3, -0.25) is 4.57 Å². The number of esters is 1. The number of nitrogens with one attached hydrogen (secondary N) is 2. The van der Waals surface area contributed by atoms with Crippen LogP contribution in [0.1, 0.15) is 45.8 Å². The van der Waals surface area contributed by atoms with E-state index in [1.807, 2.05) is 72.2 Å². The highest BCUT2D eigenvalue weighted by Crippen LogP contribution is 2.29. The van der Waals surface area contributed by atoms with Gasteiger partial charge in [-0.15, -0.1) is 10.2 Å². The summed E-state index contributed by atoms with van der Waals surface area (Å²) in [6.45, 7) is 4.10. The summed E-state index contributed by atoms with van der Waals surface area (Å²) >= 11 is 1.60. The molecular weight excluding hydrogens is 558 g/mol. The molecule has 0 spiro atoms. The quantitative estimate of drug-likeness (QED) is 0.125. The molecule has 2 amide bonds. The van der Waals surface area contributed by atoms with Gasteiger partial charge in [0.15, 0.2) is 11.0 Å². The number of carbonyl (C=O) groups excluding carboxylic acids is 2. The minimum Gasteiger partial charge on any atom is -0.462 e. The van der Waals surface area contributed by atoms with Crippen molar-refractivity contribution >= 4 is 29.4 Å². The van der Waals surface area contributed by atoms with Crippen LogP contribution in [-0.4, -0.2) is 33.4 Å². The molecule has 0 fully saturated rings. The largest absolute Gasteiger partial charge is 0.462 e. The molecule has 5 rings (SSSR count). The van der Waals surface area contributed by atoms with E-state index < -0.39 is 18.0 Å². The maximum Gasteiger partial charge on any atom is 0.338 e. The van der Waals surface area contributed by atoms with E-state index in [1.165, 1.54) is 5.56 Å². The monoisotopic (exact) mass is 591 g/mol. The molecule has 0 unspecified atom stereocenters. The van der Waals surface area contributed by atoms with Crippen molar-refractivity contribution in [3.05, 3.63) is 137 Å². The molecule has 0 saturated carbocycles. The molecule has 0 radical (unpaired) electrons. The number of amides is 2. The Labute approximate surface area is 255 Å². The van der Waals surface area contributed by atoms with Crippen LogP contribution in [0.2, 0.25) is 0 Å². The molecule has 0 aliphatic rings. The van der Waals surface area contributed by atoms with Gasteiger partial charge in [0.25, 0.3) is 0 Å². The molecular formula is C34H33N5O3S. The zero-order chi connectivity index (χ0) is 30.0. The third kappa shape index (κ3) is 7.90. The lowest BCUT2D eigenvalue weighted by atomic mass is 10.1. The van der Waals surface area contributed by atoms with Crippen LogP contribution >= 0.6 is 11.8 Å². The van der Waals surface area contributed by atoms with Crippen molar-refractivity contribution in [2.24, 2.45) is 0 Å². The number of thioether (sulfide) groups is 1. The van der Waals surface area contributed by atoms with Crippen LogP contribution < -0.4 is 10.6 Å². The van der Waals surface area contributed by atoms with Gasteiger partial charge in [0.05, 0.1) is 18.2 Å². The fourth-order valence-corrected chi connectivity index (χ4v) is 5.46. The summed E-state index contributed by atoms with van der Waals surface area (Å²) in [7, 11) is 0. The fourth-order valence-electron chi connectivity index (χ4n) is 4.55. The third-order valence-electron chi connectivity index (χ3n) is 6.71. The van der Waals surface area contributed by atoms with E-state index in [9.17, 15) is 9.59 Å². The van der Waals surface area contributed by atoms with Gasteiger partial charge < -0.3 is 15.4 Å². The number of anilines is 1. The average molecular weight is 592 g/mol. The number of aromatic nitrogens is 3. The molecule has 1 aromatic heterocycles. The molecule has 0 saturated heterocycles. The van der Waals surface area contributed by atoms with Gasteiger partial charge in [0.2, 0.25) is 0 Å². The van der Waals surface area contributed by atoms with Crippen molar-refractivity contribution in [3.63, 3.8) is 0 Å². The van der Waals surface area contributed by atoms with Gasteiger partial charge in [-0.2, -0.15) is 0 Å². The Morgan fingerprint density at radius 3 is 2.14 bits per heavy atom. The summed E-state index contributed by atoms with van der Waals surface area (Å²) in [6, 6.07) is 34.1. The predicted octanol–water partition coefficient (Wildman–Crippen LogP) is 7.15. The second kappa shape index (κ2) is 14.3. The lowest BCUT2D eigenvalue weighted by Crippen LogP contribution is -2.35. The van der Waals surface area contributed by atoms with E-state index in [2.05, 4.69) is 45.1 Å². The molecule has 43 heavy (non-hydrogen) atoms. The number of ether oxygens (including phenoxy) is 1. The summed E-state index contributed by atoms with van der Waals surface area (Å²) in [6.07, 6.45) is 0.503. The molecule has 1 heterocycles. The van der Waals surface area contributed by atoms with Crippen LogP contribution in [0.3, 0.4) is 0 Å². The molecule has 0 aliphatic carbocycles. The first-order valence-corrected chi connectivity index (χ1v) is 15.1. The summed E-state index contributed by atoms with van der Waals surface area (Å²) in [5.74, 6) is 0.943. The van der Waals surface area contributed by atoms with Crippen molar-refractivity contribution in [2.45, 2.75) is 37.2 Å². The summed E-state index contributed by atoms with van der Waals surface area (Å²) in [4.78, 5) is 25.4. The van der Waals surface area contributed by atoms with Gasteiger partial charge in [-0.1, -0.05) is 90.1 Å². The number of carbonyl (C=O) groups is 2. The van der Waals surface area contributed by atoms with Crippen molar-refractivity contribution in [1.82, 2.24) is 20.1 Å². The number of hydrogen-bond donors (Lipinski definition) is 2. The smallest absolute Gasteiger partial charge is 0.338 e. The Morgan fingerprint density at radius 2 is 1.49 bits per heavy atom. The first-order chi connectivity index (χ1) is 21.0. The van der Waals surface area contributed by atoms with Gasteiger partial charge in [-0.25, -0.2) is 9.59 Å². The Bertz CT molecular complexity index is 1640. The Kier molecular flexibility index (Phi) is 9.86. The minimum atomic E-state index is -0.499. The van der Waals surface area contributed by atoms with Gasteiger partial charge in [0.1, 0.15) is 0 Å². The molecule has 8 nitrogen and oxygen atoms in total. The topological polar surface area (TPSA) is 98.1 Å². The summed E-state index contributed by atoms with van der Waals surface area (Å²) in [5, 5.41) is 16.0. The maximum absolute atomic E-state index is 13.3. The molecule has 0 bridgehead atoms. The van der Waals surface area contributed by atoms with Crippen LogP contribution in [0.15, 0.2) is 114 Å². The standard InChI is InChI=1S/C34H33N5O3S/c1-3-42-32(40)27-16-18-28(19-17-27)35-33(41)36-30(22-25-10-6-4-7-11-25)31-37-38-34(43-23-26-12-8-5-9-13-26)39(31)29-20-14-24(2)15-21-29/h4-21,30H,3,22-23H2,1-2H3,(H2,35,36,41)/t30-/m1/s1. The average Bonchev–Trinajstić information content (AvgIpc) is 3.45. The Balaban J connectivity index is 1.44. The summed E-state index contributed by atoms with van der Waals surface area (Å²) in [5.41, 5.74) is 5.24. The molecule has 2 N–H and O–H groups in total. The Morgan fingerprint density at radius 1 is 0.837 bits per heavy atom. The number of aryl methyl sites for hydroxylation is 1. The summed E-state index contributed by atoms with van der Waals surface area (Å²) < 4.78 is 7.07. The minimum absolute atomic E-state index is 0.295. The van der Waals surface area contributed by atoms with Gasteiger partial charge in [-0.05, 0) is 61.4 Å². The number of nitrogens with zero attached hydrogens (tertiary/aromatic N) is 3. The Hall–Kier alpha value is -4.89. The second-order valence-corrected chi connectivity index (χ2v) is 10.9. The van der Waals surface area contributed by atoms with Crippen LogP contribution in [0.25, 0.3) is 5.69 Å². The molecule has 4 aromatic carbocycles. The predicted molar refractivity (Wildman–Crippen MR) is 170 cm³/mol. The number of hydrogen-bond acceptors (Lipinski definition) is 6. The van der Waals surface area contributed by atoms with Crippen molar-refractivity contribution in [2.75, 3.05) is 11.9 Å².